The van der Waals surface area contributed by atoms with Crippen LogP contribution in [0.15, 0.2) is 57.9 Å². The molecule has 0 amide bonds. The average Bonchev–Trinajstić information content (AvgIpc) is 2.32. The van der Waals surface area contributed by atoms with Crippen molar-refractivity contribution < 1.29 is 8.42 Å². The number of hydrogen-bond donors (Lipinski definition) is 0. The van der Waals surface area contributed by atoms with Gasteiger partial charge in [0.05, 0.1) is 4.90 Å². The largest absolute Gasteiger partial charge is 0.573 e. The highest BCUT2D eigenvalue weighted by Crippen LogP contribution is 2.28. The molecule has 3 nitrogen and oxygen atoms in total. The summed E-state index contributed by atoms with van der Waals surface area (Å²) < 4.78 is 28.7. The van der Waals surface area contributed by atoms with E-state index in [4.69, 9.17) is 0 Å². The van der Waals surface area contributed by atoms with Crippen molar-refractivity contribution in [2.45, 2.75) is 11.8 Å². The molecule has 94 valence electrons. The van der Waals surface area contributed by atoms with Gasteiger partial charge in [0.1, 0.15) is 10.0 Å². The number of aryl methyl sites for hydroxylation is 1. The van der Waals surface area contributed by atoms with Crippen molar-refractivity contribution in [2.75, 3.05) is 0 Å². The van der Waals surface area contributed by atoms with Crippen LogP contribution in [-0.2, 0) is 10.0 Å². The minimum atomic E-state index is -3.64. The zero-order chi connectivity index (χ0) is 13.2. The van der Waals surface area contributed by atoms with Crippen molar-refractivity contribution in [1.82, 2.24) is 0 Å². The van der Waals surface area contributed by atoms with Crippen molar-refractivity contribution in [3.8, 4) is 0 Å². The van der Waals surface area contributed by atoms with Crippen LogP contribution in [0, 0.1) is 6.92 Å². The normalized spacial score (nSPS) is 11.2. The van der Waals surface area contributed by atoms with Gasteiger partial charge in [0.2, 0.25) is 0 Å². The molecule has 0 aliphatic rings. The lowest BCUT2D eigenvalue weighted by molar-refractivity contribution is 0.603. The van der Waals surface area contributed by atoms with Crippen molar-refractivity contribution in [3.05, 3.63) is 63.3 Å². The summed E-state index contributed by atoms with van der Waals surface area (Å²) in [7, 11) is -3.64. The molecule has 0 saturated carbocycles. The van der Waals surface area contributed by atoms with E-state index in [1.54, 1.807) is 24.3 Å². The Balaban J connectivity index is 2.27. The number of hydrogen-bond acceptors (Lipinski definition) is 2. The van der Waals surface area contributed by atoms with Gasteiger partial charge in [0, 0.05) is 4.47 Å². The molecule has 0 fully saturated rings. The molecule has 0 radical (unpaired) electrons. The van der Waals surface area contributed by atoms with Crippen molar-refractivity contribution in [1.29, 1.82) is 0 Å². The van der Waals surface area contributed by atoms with E-state index in [0.29, 0.717) is 5.69 Å². The Bertz CT molecular complexity index is 634. The van der Waals surface area contributed by atoms with Crippen LogP contribution in [-0.4, -0.2) is 8.42 Å². The topological polar surface area (TPSA) is 48.2 Å². The molecule has 0 aliphatic carbocycles. The summed E-state index contributed by atoms with van der Waals surface area (Å²) in [4.78, 5) is 0.186. The highest BCUT2D eigenvalue weighted by Gasteiger charge is 2.03. The summed E-state index contributed by atoms with van der Waals surface area (Å²) in [5, 5.41) is 0. The Hall–Kier alpha value is -1.33. The van der Waals surface area contributed by atoms with Crippen LogP contribution in [0.3, 0.4) is 0 Å². The van der Waals surface area contributed by atoms with Crippen LogP contribution < -0.4 is 0 Å². The Morgan fingerprint density at radius 2 is 1.50 bits per heavy atom. The van der Waals surface area contributed by atoms with Gasteiger partial charge in [0.15, 0.2) is 0 Å². The van der Waals surface area contributed by atoms with Gasteiger partial charge >= 0.3 is 0 Å². The lowest BCUT2D eigenvalue weighted by Gasteiger charge is -2.21. The minimum Gasteiger partial charge on any atom is -0.573 e. The molecule has 0 atom stereocenters. The molecule has 0 unspecified atom stereocenters. The second-order valence-electron chi connectivity index (χ2n) is 3.86. The second-order valence-corrected chi connectivity index (χ2v) is 6.38. The molecule has 0 bridgehead atoms. The number of nitrogens with zero attached hydrogens (tertiary/aromatic N) is 1. The van der Waals surface area contributed by atoms with Gasteiger partial charge in [-0.3, -0.25) is 0 Å². The number of benzene rings is 2. The molecule has 0 spiro atoms. The Labute approximate surface area is 115 Å². The van der Waals surface area contributed by atoms with E-state index >= 15 is 0 Å². The highest BCUT2D eigenvalue weighted by atomic mass is 79.9. The van der Waals surface area contributed by atoms with Gasteiger partial charge in [0.25, 0.3) is 0 Å². The third-order valence-electron chi connectivity index (χ3n) is 2.37. The summed E-state index contributed by atoms with van der Waals surface area (Å²) in [6.45, 7) is 1.94. The van der Waals surface area contributed by atoms with Crippen LogP contribution in [0.1, 0.15) is 5.56 Å². The van der Waals surface area contributed by atoms with Crippen LogP contribution in [0.4, 0.5) is 5.69 Å². The van der Waals surface area contributed by atoms with E-state index in [1.807, 2.05) is 19.1 Å². The molecule has 0 aromatic heterocycles. The van der Waals surface area contributed by atoms with Gasteiger partial charge in [-0.15, -0.1) is 5.69 Å². The predicted molar refractivity (Wildman–Crippen MR) is 75.5 cm³/mol. The lowest BCUT2D eigenvalue weighted by atomic mass is 10.2. The third kappa shape index (κ3) is 3.11. The van der Waals surface area contributed by atoms with Gasteiger partial charge in [-0.2, -0.15) is 0 Å². The molecular weight excluding hydrogens is 314 g/mol. The molecule has 0 saturated heterocycles. The summed E-state index contributed by atoms with van der Waals surface area (Å²) in [6.07, 6.45) is 0. The molecule has 5 heteroatoms. The van der Waals surface area contributed by atoms with Crippen molar-refractivity contribution in [2.24, 2.45) is 0 Å². The first-order valence-electron chi connectivity index (χ1n) is 5.28. The molecule has 0 N–H and O–H groups in total. The zero-order valence-corrected chi connectivity index (χ0v) is 12.1. The first-order chi connectivity index (χ1) is 8.47. The van der Waals surface area contributed by atoms with Crippen LogP contribution in [0.2, 0.25) is 0 Å². The Morgan fingerprint density at radius 1 is 0.944 bits per heavy atom. The first kappa shape index (κ1) is 13.1. The second kappa shape index (κ2) is 5.12. The van der Waals surface area contributed by atoms with Gasteiger partial charge in [-0.1, -0.05) is 45.8 Å². The summed E-state index contributed by atoms with van der Waals surface area (Å²) >= 11 is 3.26. The molecule has 18 heavy (non-hydrogen) atoms. The Morgan fingerprint density at radius 3 is 2.06 bits per heavy atom. The van der Waals surface area contributed by atoms with E-state index < -0.39 is 10.0 Å². The predicted octanol–water partition coefficient (Wildman–Crippen LogP) is 4.15. The first-order valence-corrected chi connectivity index (χ1v) is 7.51. The molecule has 2 rings (SSSR count). The van der Waals surface area contributed by atoms with Gasteiger partial charge in [-0.25, -0.2) is 8.42 Å². The van der Waals surface area contributed by atoms with Crippen LogP contribution in [0.25, 0.3) is 4.72 Å². The summed E-state index contributed by atoms with van der Waals surface area (Å²) in [5.41, 5.74) is 1.50. The van der Waals surface area contributed by atoms with E-state index in [0.717, 1.165) is 10.0 Å². The molecular formula is C13H11BrNO2S-. The highest BCUT2D eigenvalue weighted by molar-refractivity contribution is 9.10. The quantitative estimate of drug-likeness (QED) is 0.851. The number of sulfonamides is 1. The summed E-state index contributed by atoms with van der Waals surface area (Å²) in [5.74, 6) is 0. The zero-order valence-electron chi connectivity index (χ0n) is 9.67. The number of halogens is 1. The fourth-order valence-corrected chi connectivity index (χ4v) is 2.65. The maximum atomic E-state index is 12.0. The van der Waals surface area contributed by atoms with Crippen LogP contribution >= 0.6 is 15.9 Å². The minimum absolute atomic E-state index is 0.186. The van der Waals surface area contributed by atoms with E-state index in [9.17, 15) is 8.42 Å². The van der Waals surface area contributed by atoms with E-state index in [2.05, 4.69) is 20.7 Å². The van der Waals surface area contributed by atoms with E-state index in [-0.39, 0.29) is 4.90 Å². The number of rotatable bonds is 3. The van der Waals surface area contributed by atoms with Crippen LogP contribution in [0.5, 0.6) is 0 Å². The lowest BCUT2D eigenvalue weighted by Crippen LogP contribution is -1.97. The van der Waals surface area contributed by atoms with Crippen molar-refractivity contribution in [3.63, 3.8) is 0 Å². The smallest absolute Gasteiger partial charge is 0.123 e. The maximum absolute atomic E-state index is 12.0. The molecule has 0 heterocycles. The van der Waals surface area contributed by atoms with Gasteiger partial charge < -0.3 is 4.72 Å². The van der Waals surface area contributed by atoms with E-state index in [1.165, 1.54) is 12.1 Å². The third-order valence-corrected chi connectivity index (χ3v) is 4.22. The molecule has 2 aromatic rings. The van der Waals surface area contributed by atoms with Gasteiger partial charge in [-0.05, 0) is 31.2 Å². The maximum Gasteiger partial charge on any atom is 0.123 e. The fraction of sp³-hybridized carbons (Fsp3) is 0.0769. The SMILES string of the molecule is Cc1ccc([N-]S(=O)(=O)c2ccc(Br)cc2)cc1. The van der Waals surface area contributed by atoms with Crippen molar-refractivity contribution >= 4 is 31.6 Å². The molecule has 2 aromatic carbocycles. The standard InChI is InChI=1S/C13H11BrNO2S/c1-10-2-6-12(7-3-10)15-18(16,17)13-8-4-11(14)5-9-13/h2-9H,1H3/q-1. The monoisotopic (exact) mass is 324 g/mol. The average molecular weight is 325 g/mol. The summed E-state index contributed by atoms with van der Waals surface area (Å²) in [6, 6.07) is 13.4. The fourth-order valence-electron chi connectivity index (χ4n) is 1.40. The Kier molecular flexibility index (Phi) is 3.73. The molecule has 0 aliphatic heterocycles.